The van der Waals surface area contributed by atoms with Crippen molar-refractivity contribution in [2.75, 3.05) is 25.5 Å². The molecule has 0 aliphatic carbocycles. The summed E-state index contributed by atoms with van der Waals surface area (Å²) < 4.78 is 10.2. The lowest BCUT2D eigenvalue weighted by atomic mass is 10.0. The number of carbonyl (C=O) groups excluding carboxylic acids is 2. The maximum atomic E-state index is 12.1. The number of methoxy groups -OCH3 is 1. The molecule has 0 bridgehead atoms. The van der Waals surface area contributed by atoms with Crippen molar-refractivity contribution in [2.24, 2.45) is 0 Å². The van der Waals surface area contributed by atoms with Crippen LogP contribution in [0.5, 0.6) is 0 Å². The topological polar surface area (TPSA) is 67.9 Å². The summed E-state index contributed by atoms with van der Waals surface area (Å²) >= 11 is 0. The Labute approximate surface area is 149 Å². The van der Waals surface area contributed by atoms with Crippen LogP contribution in [0.15, 0.2) is 18.2 Å². The van der Waals surface area contributed by atoms with Crippen molar-refractivity contribution >= 4 is 17.7 Å². The van der Waals surface area contributed by atoms with Crippen LogP contribution in [-0.2, 0) is 9.47 Å². The van der Waals surface area contributed by atoms with E-state index < -0.39 is 5.60 Å². The van der Waals surface area contributed by atoms with Crippen LogP contribution in [0.3, 0.4) is 0 Å². The smallest absolute Gasteiger partial charge is 0.410 e. The van der Waals surface area contributed by atoms with Crippen molar-refractivity contribution in [2.45, 2.75) is 52.2 Å². The molecule has 0 aromatic heterocycles. The molecule has 1 aromatic carbocycles. The molecule has 1 fully saturated rings. The van der Waals surface area contributed by atoms with E-state index in [9.17, 15) is 9.59 Å². The summed E-state index contributed by atoms with van der Waals surface area (Å²) in [4.78, 5) is 25.7. The monoisotopic (exact) mass is 348 g/mol. The highest BCUT2D eigenvalue weighted by Crippen LogP contribution is 2.21. The lowest BCUT2D eigenvalue weighted by molar-refractivity contribution is 0.0210. The number of hydrogen-bond acceptors (Lipinski definition) is 5. The van der Waals surface area contributed by atoms with E-state index in [1.165, 1.54) is 7.11 Å². The van der Waals surface area contributed by atoms with Gasteiger partial charge in [-0.1, -0.05) is 6.07 Å². The highest BCUT2D eigenvalue weighted by molar-refractivity contribution is 5.92. The number of piperidine rings is 1. The van der Waals surface area contributed by atoms with E-state index in [1.807, 2.05) is 45.9 Å². The van der Waals surface area contributed by atoms with Gasteiger partial charge in [-0.05, 0) is 58.2 Å². The maximum absolute atomic E-state index is 12.1. The zero-order valence-electron chi connectivity index (χ0n) is 15.7. The first kappa shape index (κ1) is 19.1. The number of carbonyl (C=O) groups is 2. The molecule has 0 spiro atoms. The lowest BCUT2D eigenvalue weighted by Crippen LogP contribution is -2.44. The molecule has 25 heavy (non-hydrogen) atoms. The van der Waals surface area contributed by atoms with Gasteiger partial charge < -0.3 is 19.7 Å². The Hall–Kier alpha value is -2.24. The van der Waals surface area contributed by atoms with Gasteiger partial charge in [-0.15, -0.1) is 0 Å². The Kier molecular flexibility index (Phi) is 5.93. The van der Waals surface area contributed by atoms with Gasteiger partial charge in [-0.25, -0.2) is 9.59 Å². The number of esters is 1. The zero-order chi connectivity index (χ0) is 18.6. The largest absolute Gasteiger partial charge is 0.465 e. The normalized spacial score (nSPS) is 15.6. The number of amides is 1. The van der Waals surface area contributed by atoms with Crippen molar-refractivity contribution in [3.8, 4) is 0 Å². The van der Waals surface area contributed by atoms with Gasteiger partial charge in [-0.3, -0.25) is 0 Å². The Bertz CT molecular complexity index is 629. The third kappa shape index (κ3) is 5.37. The maximum Gasteiger partial charge on any atom is 0.410 e. The van der Waals surface area contributed by atoms with E-state index in [0.717, 1.165) is 24.1 Å². The molecule has 1 aliphatic heterocycles. The summed E-state index contributed by atoms with van der Waals surface area (Å²) in [6.45, 7) is 8.81. The number of nitrogens with zero attached hydrogens (tertiary/aromatic N) is 1. The van der Waals surface area contributed by atoms with Gasteiger partial charge in [0.2, 0.25) is 0 Å². The van der Waals surface area contributed by atoms with Crippen molar-refractivity contribution < 1.29 is 19.1 Å². The van der Waals surface area contributed by atoms with Crippen LogP contribution in [0.4, 0.5) is 10.5 Å². The van der Waals surface area contributed by atoms with Crippen LogP contribution in [0.2, 0.25) is 0 Å². The standard InChI is InChI=1S/C19H28N2O4/c1-13-6-7-15(12-16(13)17(22)24-5)20-14-8-10-21(11-9-14)18(23)25-19(2,3)4/h6-7,12,14,20H,8-11H2,1-5H3. The number of likely N-dealkylation sites (tertiary alicyclic amines) is 1. The molecule has 1 aromatic rings. The van der Waals surface area contributed by atoms with E-state index in [4.69, 9.17) is 9.47 Å². The second-order valence-corrected chi connectivity index (χ2v) is 7.41. The van der Waals surface area contributed by atoms with Crippen LogP contribution >= 0.6 is 0 Å². The Morgan fingerprint density at radius 1 is 1.20 bits per heavy atom. The van der Waals surface area contributed by atoms with Gasteiger partial charge in [0, 0.05) is 24.8 Å². The molecule has 6 nitrogen and oxygen atoms in total. The number of hydrogen-bond donors (Lipinski definition) is 1. The molecule has 138 valence electrons. The lowest BCUT2D eigenvalue weighted by Gasteiger charge is -2.34. The molecular formula is C19H28N2O4. The molecule has 0 atom stereocenters. The number of rotatable bonds is 3. The molecule has 1 aliphatic rings. The number of ether oxygens (including phenoxy) is 2. The number of nitrogens with one attached hydrogen (secondary N) is 1. The van der Waals surface area contributed by atoms with E-state index >= 15 is 0 Å². The van der Waals surface area contributed by atoms with Gasteiger partial charge in [0.25, 0.3) is 0 Å². The number of benzene rings is 1. The minimum absolute atomic E-state index is 0.255. The first-order valence-electron chi connectivity index (χ1n) is 8.63. The highest BCUT2D eigenvalue weighted by Gasteiger charge is 2.26. The average molecular weight is 348 g/mol. The van der Waals surface area contributed by atoms with Gasteiger partial charge in [-0.2, -0.15) is 0 Å². The zero-order valence-corrected chi connectivity index (χ0v) is 15.7. The van der Waals surface area contributed by atoms with Crippen LogP contribution < -0.4 is 5.32 Å². The molecule has 1 heterocycles. The SMILES string of the molecule is COC(=O)c1cc(NC2CCN(C(=O)OC(C)(C)C)CC2)ccc1C. The molecule has 2 rings (SSSR count). The van der Waals surface area contributed by atoms with Crippen molar-refractivity contribution in [1.82, 2.24) is 4.90 Å². The van der Waals surface area contributed by atoms with Gasteiger partial charge in [0.05, 0.1) is 12.7 Å². The highest BCUT2D eigenvalue weighted by atomic mass is 16.6. The van der Waals surface area contributed by atoms with Gasteiger partial charge >= 0.3 is 12.1 Å². The molecule has 0 saturated carbocycles. The van der Waals surface area contributed by atoms with Crippen LogP contribution in [0, 0.1) is 6.92 Å². The van der Waals surface area contributed by atoms with Crippen molar-refractivity contribution in [1.29, 1.82) is 0 Å². The number of anilines is 1. The predicted molar refractivity (Wildman–Crippen MR) is 97.0 cm³/mol. The molecule has 0 unspecified atom stereocenters. The fourth-order valence-electron chi connectivity index (χ4n) is 2.81. The van der Waals surface area contributed by atoms with Crippen molar-refractivity contribution in [3.63, 3.8) is 0 Å². The van der Waals surface area contributed by atoms with Crippen molar-refractivity contribution in [3.05, 3.63) is 29.3 Å². The van der Waals surface area contributed by atoms with E-state index in [-0.39, 0.29) is 18.1 Å². The Balaban J connectivity index is 1.92. The second kappa shape index (κ2) is 7.76. The van der Waals surface area contributed by atoms with Gasteiger partial charge in [0.15, 0.2) is 0 Å². The minimum atomic E-state index is -0.474. The fraction of sp³-hybridized carbons (Fsp3) is 0.579. The van der Waals surface area contributed by atoms with Gasteiger partial charge in [0.1, 0.15) is 5.60 Å². The summed E-state index contributed by atoms with van der Waals surface area (Å²) in [7, 11) is 1.38. The van der Waals surface area contributed by atoms with Crippen LogP contribution in [0.25, 0.3) is 0 Å². The summed E-state index contributed by atoms with van der Waals surface area (Å²) in [6.07, 6.45) is 1.41. The summed E-state index contributed by atoms with van der Waals surface area (Å²) in [6, 6.07) is 5.94. The predicted octanol–water partition coefficient (Wildman–Crippen LogP) is 3.59. The second-order valence-electron chi connectivity index (χ2n) is 7.41. The number of aryl methyl sites for hydroxylation is 1. The Morgan fingerprint density at radius 2 is 1.84 bits per heavy atom. The molecule has 1 amide bonds. The molecule has 1 saturated heterocycles. The Morgan fingerprint density at radius 3 is 2.40 bits per heavy atom. The van der Waals surface area contributed by atoms with Crippen LogP contribution in [0.1, 0.15) is 49.5 Å². The fourth-order valence-corrected chi connectivity index (χ4v) is 2.81. The van der Waals surface area contributed by atoms with E-state index in [1.54, 1.807) is 4.90 Å². The molecular weight excluding hydrogens is 320 g/mol. The molecule has 0 radical (unpaired) electrons. The third-order valence-corrected chi connectivity index (χ3v) is 4.16. The molecule has 1 N–H and O–H groups in total. The van der Waals surface area contributed by atoms with Crippen LogP contribution in [-0.4, -0.2) is 48.8 Å². The first-order valence-corrected chi connectivity index (χ1v) is 8.63. The summed E-state index contributed by atoms with van der Waals surface area (Å²) in [5.74, 6) is -0.333. The third-order valence-electron chi connectivity index (χ3n) is 4.16. The summed E-state index contributed by atoms with van der Waals surface area (Å²) in [5.41, 5.74) is 1.87. The first-order chi connectivity index (χ1) is 11.7. The minimum Gasteiger partial charge on any atom is -0.465 e. The quantitative estimate of drug-likeness (QED) is 0.846. The van der Waals surface area contributed by atoms with E-state index in [2.05, 4.69) is 5.32 Å². The van der Waals surface area contributed by atoms with E-state index in [0.29, 0.717) is 18.7 Å². The summed E-state index contributed by atoms with van der Waals surface area (Å²) in [5, 5.41) is 3.45. The molecule has 6 heteroatoms. The average Bonchev–Trinajstić information content (AvgIpc) is 2.55.